The number of benzene rings is 1. The molecule has 0 aliphatic heterocycles. The third-order valence-electron chi connectivity index (χ3n) is 2.73. The second-order valence-corrected chi connectivity index (χ2v) is 3.75. The Kier molecular flexibility index (Phi) is 2.42. The van der Waals surface area contributed by atoms with Crippen LogP contribution in [0.2, 0.25) is 0 Å². The molecule has 0 unspecified atom stereocenters. The fourth-order valence-electron chi connectivity index (χ4n) is 2.03. The lowest BCUT2D eigenvalue weighted by molar-refractivity contribution is 0.400. The van der Waals surface area contributed by atoms with Gasteiger partial charge in [-0.1, -0.05) is 0 Å². The molecule has 2 rings (SSSR count). The molecule has 1 aromatic carbocycles. The van der Waals surface area contributed by atoms with Crippen molar-refractivity contribution in [3.8, 4) is 5.75 Å². The fourth-order valence-corrected chi connectivity index (χ4v) is 2.03. The maximum atomic E-state index is 13.1. The molecular weight excluding hydrogens is 181 g/mol. The minimum Gasteiger partial charge on any atom is -0.496 e. The number of hydrogen-bond acceptors (Lipinski definition) is 2. The van der Waals surface area contributed by atoms with Crippen LogP contribution in [0.3, 0.4) is 0 Å². The van der Waals surface area contributed by atoms with E-state index >= 15 is 0 Å². The molecule has 0 radical (unpaired) electrons. The predicted octanol–water partition coefficient (Wildman–Crippen LogP) is 1.65. The van der Waals surface area contributed by atoms with Gasteiger partial charge in [-0.25, -0.2) is 4.39 Å². The van der Waals surface area contributed by atoms with E-state index in [1.54, 1.807) is 13.2 Å². The molecule has 0 fully saturated rings. The molecule has 76 valence electrons. The molecule has 0 bridgehead atoms. The molecule has 2 nitrogen and oxygen atoms in total. The first-order valence-electron chi connectivity index (χ1n) is 4.81. The molecule has 0 saturated heterocycles. The summed E-state index contributed by atoms with van der Waals surface area (Å²) < 4.78 is 18.3. The molecule has 2 N–H and O–H groups in total. The summed E-state index contributed by atoms with van der Waals surface area (Å²) in [6.07, 6.45) is 2.60. The van der Waals surface area contributed by atoms with Crippen molar-refractivity contribution in [2.24, 2.45) is 5.73 Å². The minimum atomic E-state index is -0.241. The Hall–Kier alpha value is -1.09. The Bertz CT molecular complexity index is 351. The van der Waals surface area contributed by atoms with Gasteiger partial charge in [0.1, 0.15) is 11.6 Å². The van der Waals surface area contributed by atoms with E-state index in [2.05, 4.69) is 0 Å². The van der Waals surface area contributed by atoms with E-state index in [-0.39, 0.29) is 11.9 Å². The van der Waals surface area contributed by atoms with Crippen molar-refractivity contribution < 1.29 is 9.13 Å². The summed E-state index contributed by atoms with van der Waals surface area (Å²) in [5.41, 5.74) is 7.95. The Labute approximate surface area is 82.9 Å². The molecule has 14 heavy (non-hydrogen) atoms. The minimum absolute atomic E-state index is 0.161. The first kappa shape index (κ1) is 9.46. The van der Waals surface area contributed by atoms with Gasteiger partial charge in [0.2, 0.25) is 0 Å². The summed E-state index contributed by atoms with van der Waals surface area (Å²) in [4.78, 5) is 0. The van der Waals surface area contributed by atoms with E-state index in [9.17, 15) is 4.39 Å². The summed E-state index contributed by atoms with van der Waals surface area (Å²) in [6.45, 7) is 0. The van der Waals surface area contributed by atoms with Crippen LogP contribution in [-0.2, 0) is 12.8 Å². The molecule has 0 amide bonds. The number of nitrogens with two attached hydrogens (primary N) is 1. The van der Waals surface area contributed by atoms with E-state index < -0.39 is 0 Å². The quantitative estimate of drug-likeness (QED) is 0.739. The van der Waals surface area contributed by atoms with E-state index in [1.165, 1.54) is 6.07 Å². The van der Waals surface area contributed by atoms with Gasteiger partial charge in [0.25, 0.3) is 0 Å². The van der Waals surface area contributed by atoms with Crippen LogP contribution < -0.4 is 10.5 Å². The number of ether oxygens (including phenoxy) is 1. The van der Waals surface area contributed by atoms with Gasteiger partial charge in [0, 0.05) is 12.1 Å². The maximum absolute atomic E-state index is 13.1. The Morgan fingerprint density at radius 2 is 2.29 bits per heavy atom. The Morgan fingerprint density at radius 3 is 3.00 bits per heavy atom. The monoisotopic (exact) mass is 195 g/mol. The van der Waals surface area contributed by atoms with Crippen molar-refractivity contribution in [2.45, 2.75) is 25.3 Å². The zero-order valence-electron chi connectivity index (χ0n) is 8.22. The summed E-state index contributed by atoms with van der Waals surface area (Å²) in [5.74, 6) is 0.418. The summed E-state index contributed by atoms with van der Waals surface area (Å²) >= 11 is 0. The zero-order valence-corrected chi connectivity index (χ0v) is 8.22. The Morgan fingerprint density at radius 1 is 1.50 bits per heavy atom. The van der Waals surface area contributed by atoms with Crippen LogP contribution in [-0.4, -0.2) is 13.2 Å². The van der Waals surface area contributed by atoms with Gasteiger partial charge in [0.15, 0.2) is 0 Å². The second-order valence-electron chi connectivity index (χ2n) is 3.75. The average molecular weight is 195 g/mol. The number of fused-ring (bicyclic) bond motifs is 1. The van der Waals surface area contributed by atoms with Crippen LogP contribution in [0.15, 0.2) is 12.1 Å². The van der Waals surface area contributed by atoms with Crippen molar-refractivity contribution in [2.75, 3.05) is 7.11 Å². The molecular formula is C11H14FNO. The highest BCUT2D eigenvalue weighted by Gasteiger charge is 2.19. The standard InChI is InChI=1S/C11H14FNO/c1-14-11-6-8(12)4-7-5-9(13)2-3-10(7)11/h4,6,9H,2-3,5,13H2,1H3/t9-/m1/s1. The van der Waals surface area contributed by atoms with E-state index in [0.29, 0.717) is 5.75 Å². The van der Waals surface area contributed by atoms with Crippen LogP contribution in [0.1, 0.15) is 17.5 Å². The third kappa shape index (κ3) is 1.60. The molecule has 0 saturated carbocycles. The summed E-state index contributed by atoms with van der Waals surface area (Å²) in [6, 6.07) is 3.17. The van der Waals surface area contributed by atoms with Crippen molar-refractivity contribution in [1.82, 2.24) is 0 Å². The van der Waals surface area contributed by atoms with E-state index in [4.69, 9.17) is 10.5 Å². The number of methoxy groups -OCH3 is 1. The van der Waals surface area contributed by atoms with E-state index in [1.807, 2.05) is 0 Å². The number of rotatable bonds is 1. The number of halogens is 1. The van der Waals surface area contributed by atoms with E-state index in [0.717, 1.165) is 30.4 Å². The fraction of sp³-hybridized carbons (Fsp3) is 0.455. The maximum Gasteiger partial charge on any atom is 0.127 e. The van der Waals surface area contributed by atoms with Gasteiger partial charge in [-0.15, -0.1) is 0 Å². The lowest BCUT2D eigenvalue weighted by atomic mass is 9.88. The van der Waals surface area contributed by atoms with Gasteiger partial charge in [-0.05, 0) is 36.5 Å². The Balaban J connectivity index is 2.46. The highest BCUT2D eigenvalue weighted by molar-refractivity contribution is 5.42. The average Bonchev–Trinajstić information content (AvgIpc) is 2.15. The molecule has 1 atom stereocenters. The van der Waals surface area contributed by atoms with Gasteiger partial charge in [0.05, 0.1) is 7.11 Å². The van der Waals surface area contributed by atoms with Crippen molar-refractivity contribution in [3.63, 3.8) is 0 Å². The van der Waals surface area contributed by atoms with Gasteiger partial charge < -0.3 is 10.5 Å². The van der Waals surface area contributed by atoms with Crippen molar-refractivity contribution >= 4 is 0 Å². The lowest BCUT2D eigenvalue weighted by Gasteiger charge is -2.23. The van der Waals surface area contributed by atoms with Crippen molar-refractivity contribution in [3.05, 3.63) is 29.1 Å². The second kappa shape index (κ2) is 3.58. The van der Waals surface area contributed by atoms with Crippen LogP contribution in [0.4, 0.5) is 4.39 Å². The predicted molar refractivity (Wildman–Crippen MR) is 53.0 cm³/mol. The third-order valence-corrected chi connectivity index (χ3v) is 2.73. The topological polar surface area (TPSA) is 35.2 Å². The van der Waals surface area contributed by atoms with Gasteiger partial charge in [-0.3, -0.25) is 0 Å². The molecule has 1 aromatic rings. The molecule has 0 heterocycles. The normalized spacial score (nSPS) is 20.4. The molecule has 0 spiro atoms. The molecule has 1 aliphatic rings. The molecule has 0 aromatic heterocycles. The first-order chi connectivity index (χ1) is 6.70. The van der Waals surface area contributed by atoms with Gasteiger partial charge in [-0.2, -0.15) is 0 Å². The smallest absolute Gasteiger partial charge is 0.127 e. The lowest BCUT2D eigenvalue weighted by Crippen LogP contribution is -2.28. The van der Waals surface area contributed by atoms with Gasteiger partial charge >= 0.3 is 0 Å². The SMILES string of the molecule is COc1cc(F)cc2c1CC[C@@H](N)C2. The molecule has 1 aliphatic carbocycles. The van der Waals surface area contributed by atoms with Crippen molar-refractivity contribution in [1.29, 1.82) is 0 Å². The van der Waals surface area contributed by atoms with Crippen LogP contribution in [0.25, 0.3) is 0 Å². The van der Waals surface area contributed by atoms with Crippen LogP contribution in [0.5, 0.6) is 5.75 Å². The first-order valence-corrected chi connectivity index (χ1v) is 4.81. The highest BCUT2D eigenvalue weighted by atomic mass is 19.1. The largest absolute Gasteiger partial charge is 0.496 e. The summed E-state index contributed by atoms with van der Waals surface area (Å²) in [7, 11) is 1.57. The van der Waals surface area contributed by atoms with Crippen LogP contribution >= 0.6 is 0 Å². The zero-order chi connectivity index (χ0) is 10.1. The highest BCUT2D eigenvalue weighted by Crippen LogP contribution is 2.30. The number of hydrogen-bond donors (Lipinski definition) is 1. The molecule has 3 heteroatoms. The van der Waals surface area contributed by atoms with Crippen LogP contribution in [0, 0.1) is 5.82 Å². The summed E-state index contributed by atoms with van der Waals surface area (Å²) in [5, 5.41) is 0.